The average Bonchev–Trinajstić information content (AvgIpc) is 3.46. The molecule has 0 saturated carbocycles. The second-order valence-electron chi connectivity index (χ2n) is 10.5. The van der Waals surface area contributed by atoms with Crippen molar-refractivity contribution in [1.82, 2.24) is 19.0 Å². The summed E-state index contributed by atoms with van der Waals surface area (Å²) < 4.78 is 30.9. The number of carbonyl (C=O) groups is 1. The third-order valence-electron chi connectivity index (χ3n) is 6.96. The van der Waals surface area contributed by atoms with Gasteiger partial charge in [0, 0.05) is 37.0 Å². The van der Waals surface area contributed by atoms with Crippen LogP contribution >= 0.6 is 24.0 Å². The number of para-hydroxylation sites is 1. The van der Waals surface area contributed by atoms with Crippen molar-refractivity contribution in [3.05, 3.63) is 71.3 Å². The van der Waals surface area contributed by atoms with Crippen LogP contribution in [0.3, 0.4) is 0 Å². The highest BCUT2D eigenvalue weighted by Gasteiger charge is 2.33. The molecule has 2 saturated heterocycles. The average molecular weight is 581 g/mol. The van der Waals surface area contributed by atoms with Gasteiger partial charge in [-0.05, 0) is 55.0 Å². The molecule has 0 aliphatic carbocycles. The number of aromatic nitrogens is 2. The predicted octanol–water partition coefficient (Wildman–Crippen LogP) is 5.82. The lowest BCUT2D eigenvalue weighted by molar-refractivity contribution is -0.122. The molecular formula is C29H32N4O3S3. The number of amides is 1. The van der Waals surface area contributed by atoms with Crippen molar-refractivity contribution in [1.29, 1.82) is 0 Å². The number of nitrogens with zero attached hydrogens (tertiary/aromatic N) is 4. The second-order valence-corrected chi connectivity index (χ2v) is 14.1. The standard InChI is InChI=1S/C29H32N4O3S3/c1-20(2)18-32-28(34)26(38-29(32)37)17-23-19-33(24-9-5-4-6-10-24)30-27(23)22-8-7-11-25(16-22)39(35,36)31-14-12-21(3)13-15-31/h4-11,16-17,19-21H,12-15,18H2,1-3H3. The van der Waals surface area contributed by atoms with Crippen LogP contribution in [0.4, 0.5) is 0 Å². The molecule has 1 aromatic heterocycles. The van der Waals surface area contributed by atoms with Gasteiger partial charge in [-0.3, -0.25) is 9.69 Å². The molecule has 5 rings (SSSR count). The molecule has 2 aliphatic heterocycles. The number of piperidine rings is 1. The maximum atomic E-state index is 13.5. The van der Waals surface area contributed by atoms with Gasteiger partial charge in [-0.1, -0.05) is 75.1 Å². The first-order valence-electron chi connectivity index (χ1n) is 13.1. The molecule has 0 atom stereocenters. The van der Waals surface area contributed by atoms with E-state index in [0.29, 0.717) is 51.6 Å². The predicted molar refractivity (Wildman–Crippen MR) is 161 cm³/mol. The summed E-state index contributed by atoms with van der Waals surface area (Å²) in [7, 11) is -3.63. The summed E-state index contributed by atoms with van der Waals surface area (Å²) in [6, 6.07) is 16.6. The zero-order valence-electron chi connectivity index (χ0n) is 22.3. The van der Waals surface area contributed by atoms with E-state index < -0.39 is 10.0 Å². The summed E-state index contributed by atoms with van der Waals surface area (Å²) in [6.45, 7) is 7.88. The van der Waals surface area contributed by atoms with Gasteiger partial charge >= 0.3 is 0 Å². The molecular weight excluding hydrogens is 549 g/mol. The Bertz CT molecular complexity index is 1520. The van der Waals surface area contributed by atoms with Gasteiger partial charge in [0.1, 0.15) is 10.0 Å². The first kappa shape index (κ1) is 27.8. The highest BCUT2D eigenvalue weighted by molar-refractivity contribution is 8.26. The first-order chi connectivity index (χ1) is 18.6. The van der Waals surface area contributed by atoms with Gasteiger partial charge in [0.25, 0.3) is 5.91 Å². The molecule has 7 nitrogen and oxygen atoms in total. The maximum absolute atomic E-state index is 13.5. The lowest BCUT2D eigenvalue weighted by Gasteiger charge is -2.29. The molecule has 0 bridgehead atoms. The van der Waals surface area contributed by atoms with E-state index in [4.69, 9.17) is 17.3 Å². The van der Waals surface area contributed by atoms with Crippen LogP contribution in [0.2, 0.25) is 0 Å². The van der Waals surface area contributed by atoms with Crippen LogP contribution in [-0.2, 0) is 14.8 Å². The number of carbonyl (C=O) groups excluding carboxylic acids is 1. The van der Waals surface area contributed by atoms with E-state index in [0.717, 1.165) is 18.5 Å². The minimum atomic E-state index is -3.63. The van der Waals surface area contributed by atoms with Gasteiger partial charge in [-0.2, -0.15) is 9.40 Å². The zero-order chi connectivity index (χ0) is 27.7. The number of benzene rings is 2. The lowest BCUT2D eigenvalue weighted by Crippen LogP contribution is -2.37. The Hall–Kier alpha value is -2.79. The van der Waals surface area contributed by atoms with E-state index >= 15 is 0 Å². The van der Waals surface area contributed by atoms with Gasteiger partial charge < -0.3 is 0 Å². The number of thiocarbonyl (C=S) groups is 1. The largest absolute Gasteiger partial charge is 0.293 e. The Morgan fingerprint density at radius 3 is 2.51 bits per heavy atom. The molecule has 10 heteroatoms. The number of rotatable bonds is 7. The van der Waals surface area contributed by atoms with Crippen LogP contribution in [-0.4, -0.2) is 57.3 Å². The third-order valence-corrected chi connectivity index (χ3v) is 10.2. The monoisotopic (exact) mass is 580 g/mol. The van der Waals surface area contributed by atoms with Crippen LogP contribution < -0.4 is 0 Å². The Morgan fingerprint density at radius 2 is 1.82 bits per heavy atom. The summed E-state index contributed by atoms with van der Waals surface area (Å²) in [5, 5.41) is 4.85. The van der Waals surface area contributed by atoms with Gasteiger partial charge in [0.05, 0.1) is 15.5 Å². The molecule has 39 heavy (non-hydrogen) atoms. The Labute approximate surface area is 239 Å². The molecule has 0 spiro atoms. The molecule has 0 N–H and O–H groups in total. The van der Waals surface area contributed by atoms with Crippen molar-refractivity contribution in [2.24, 2.45) is 11.8 Å². The first-order valence-corrected chi connectivity index (χ1v) is 15.8. The summed E-state index contributed by atoms with van der Waals surface area (Å²) in [5.74, 6) is 0.699. The normalized spacial score (nSPS) is 18.6. The van der Waals surface area contributed by atoms with E-state index in [-0.39, 0.29) is 16.7 Å². The molecule has 204 valence electrons. The number of sulfonamides is 1. The smallest absolute Gasteiger partial charge is 0.266 e. The molecule has 3 aromatic rings. The lowest BCUT2D eigenvalue weighted by atomic mass is 10.0. The molecule has 2 fully saturated rings. The Morgan fingerprint density at radius 1 is 1.10 bits per heavy atom. The second kappa shape index (κ2) is 11.4. The summed E-state index contributed by atoms with van der Waals surface area (Å²) >= 11 is 6.78. The van der Waals surface area contributed by atoms with Crippen LogP contribution in [0, 0.1) is 11.8 Å². The van der Waals surface area contributed by atoms with E-state index in [9.17, 15) is 13.2 Å². The molecule has 2 aromatic carbocycles. The van der Waals surface area contributed by atoms with E-state index in [1.807, 2.05) is 48.7 Å². The van der Waals surface area contributed by atoms with Crippen LogP contribution in [0.15, 0.2) is 70.6 Å². The number of hydrogen-bond acceptors (Lipinski definition) is 6. The van der Waals surface area contributed by atoms with Gasteiger partial charge in [0.15, 0.2) is 0 Å². The highest BCUT2D eigenvalue weighted by atomic mass is 32.2. The fourth-order valence-corrected chi connectivity index (χ4v) is 7.55. The zero-order valence-corrected chi connectivity index (χ0v) is 24.7. The molecule has 2 aliphatic rings. The van der Waals surface area contributed by atoms with E-state index in [1.54, 1.807) is 32.1 Å². The number of thioether (sulfide) groups is 1. The fraction of sp³-hybridized carbons (Fsp3) is 0.345. The van der Waals surface area contributed by atoms with Crippen molar-refractivity contribution in [3.8, 4) is 16.9 Å². The van der Waals surface area contributed by atoms with E-state index in [1.165, 1.54) is 11.8 Å². The quantitative estimate of drug-likeness (QED) is 0.259. The van der Waals surface area contributed by atoms with Crippen LogP contribution in [0.25, 0.3) is 23.0 Å². The summed E-state index contributed by atoms with van der Waals surface area (Å²) in [6.07, 6.45) is 5.40. The van der Waals surface area contributed by atoms with Crippen molar-refractivity contribution in [2.75, 3.05) is 19.6 Å². The minimum absolute atomic E-state index is 0.118. The van der Waals surface area contributed by atoms with Crippen molar-refractivity contribution >= 4 is 50.3 Å². The van der Waals surface area contributed by atoms with Crippen molar-refractivity contribution < 1.29 is 13.2 Å². The SMILES string of the molecule is CC(C)CN1C(=O)C(=Cc2cn(-c3ccccc3)nc2-c2cccc(S(=O)(=O)N3CCC(C)CC3)c2)SC1=S. The molecule has 1 amide bonds. The van der Waals surface area contributed by atoms with Crippen molar-refractivity contribution in [3.63, 3.8) is 0 Å². The van der Waals surface area contributed by atoms with Gasteiger partial charge in [-0.15, -0.1) is 0 Å². The Kier molecular flexibility index (Phi) is 8.09. The number of hydrogen-bond donors (Lipinski definition) is 0. The Balaban J connectivity index is 1.56. The van der Waals surface area contributed by atoms with Crippen molar-refractivity contribution in [2.45, 2.75) is 38.5 Å². The third kappa shape index (κ3) is 5.89. The fourth-order valence-electron chi connectivity index (χ4n) is 4.77. The summed E-state index contributed by atoms with van der Waals surface area (Å²) in [5.41, 5.74) is 2.83. The van der Waals surface area contributed by atoms with Crippen LogP contribution in [0.5, 0.6) is 0 Å². The topological polar surface area (TPSA) is 75.5 Å². The van der Waals surface area contributed by atoms with Gasteiger partial charge in [-0.25, -0.2) is 13.1 Å². The van der Waals surface area contributed by atoms with Gasteiger partial charge in [0.2, 0.25) is 10.0 Å². The molecule has 0 unspecified atom stereocenters. The summed E-state index contributed by atoms with van der Waals surface area (Å²) in [4.78, 5) is 15.6. The minimum Gasteiger partial charge on any atom is -0.293 e. The maximum Gasteiger partial charge on any atom is 0.266 e. The van der Waals surface area contributed by atoms with Crippen LogP contribution in [0.1, 0.15) is 39.2 Å². The highest BCUT2D eigenvalue weighted by Crippen LogP contribution is 2.36. The molecule has 0 radical (unpaired) electrons. The van der Waals surface area contributed by atoms with E-state index in [2.05, 4.69) is 20.8 Å². The molecule has 3 heterocycles.